The van der Waals surface area contributed by atoms with Crippen molar-refractivity contribution in [1.29, 1.82) is 0 Å². The summed E-state index contributed by atoms with van der Waals surface area (Å²) in [6.07, 6.45) is -16.8. The number of carboxylic acids is 1. The van der Waals surface area contributed by atoms with Gasteiger partial charge in [-0.2, -0.15) is 30.7 Å². The number of alkyl halides is 7. The van der Waals surface area contributed by atoms with Gasteiger partial charge in [0.2, 0.25) is 0 Å². The molecule has 0 saturated carbocycles. The number of ether oxygens (including phenoxy) is 2. The molecule has 0 radical (unpaired) electrons. The lowest BCUT2D eigenvalue weighted by molar-refractivity contribution is -0.253. The highest BCUT2D eigenvalue weighted by atomic mass is 19.4. The van der Waals surface area contributed by atoms with Crippen LogP contribution in [0.25, 0.3) is 0 Å². The number of aliphatic carboxylic acids is 1. The smallest absolute Gasteiger partial charge is 0.461 e. The van der Waals surface area contributed by atoms with Gasteiger partial charge in [-0.3, -0.25) is 9.59 Å². The maximum atomic E-state index is 14.8. The predicted molar refractivity (Wildman–Crippen MR) is 132 cm³/mol. The van der Waals surface area contributed by atoms with Crippen LogP contribution in [0.2, 0.25) is 0 Å². The highest BCUT2D eigenvalue weighted by Crippen LogP contribution is 2.40. The summed E-state index contributed by atoms with van der Waals surface area (Å²) >= 11 is 0. The average molecular weight is 641 g/mol. The normalized spacial score (nSPS) is 13.5. The number of amides is 1. The molecule has 0 spiro atoms. The summed E-state index contributed by atoms with van der Waals surface area (Å²) in [6.45, 7) is 2.95. The molecule has 1 atom stereocenters. The summed E-state index contributed by atoms with van der Waals surface area (Å²) in [5.74, 6) is -9.33. The molecule has 1 amide bonds. The number of hydrogen-bond donors (Lipinski definition) is 2. The van der Waals surface area contributed by atoms with E-state index in [0.29, 0.717) is 24.3 Å². The number of nitrogens with one attached hydrogen (secondary N) is 1. The van der Waals surface area contributed by atoms with Crippen molar-refractivity contribution in [2.45, 2.75) is 50.6 Å². The summed E-state index contributed by atoms with van der Waals surface area (Å²) in [5.41, 5.74) is -6.60. The molecule has 0 unspecified atom stereocenters. The second-order valence-corrected chi connectivity index (χ2v) is 9.57. The van der Waals surface area contributed by atoms with Gasteiger partial charge in [-0.15, -0.1) is 0 Å². The Morgan fingerprint density at radius 1 is 0.864 bits per heavy atom. The molecule has 16 heteroatoms. The average Bonchev–Trinajstić information content (AvgIpc) is 2.87. The van der Waals surface area contributed by atoms with Crippen molar-refractivity contribution in [1.82, 2.24) is 5.32 Å². The van der Waals surface area contributed by atoms with E-state index in [1.807, 2.05) is 0 Å². The zero-order chi connectivity index (χ0) is 33.2. The zero-order valence-electron chi connectivity index (χ0n) is 22.4. The molecule has 6 nitrogen and oxygen atoms in total. The Labute approximate surface area is 242 Å². The Morgan fingerprint density at radius 2 is 1.50 bits per heavy atom. The molecule has 238 valence electrons. The van der Waals surface area contributed by atoms with Crippen LogP contribution >= 0.6 is 0 Å². The van der Waals surface area contributed by atoms with Gasteiger partial charge in [-0.1, -0.05) is 6.07 Å². The first-order valence-corrected chi connectivity index (χ1v) is 12.3. The number of benzene rings is 3. The molecule has 0 aliphatic rings. The van der Waals surface area contributed by atoms with Gasteiger partial charge in [0.05, 0.1) is 18.1 Å². The minimum absolute atomic E-state index is 0.0947. The first-order chi connectivity index (χ1) is 20.2. The van der Waals surface area contributed by atoms with Crippen molar-refractivity contribution >= 4 is 11.9 Å². The summed E-state index contributed by atoms with van der Waals surface area (Å²) < 4.78 is 146. The van der Waals surface area contributed by atoms with Gasteiger partial charge in [-0.05, 0) is 67.4 Å². The lowest BCUT2D eigenvalue weighted by Crippen LogP contribution is -2.48. The van der Waals surface area contributed by atoms with Crippen molar-refractivity contribution in [3.63, 3.8) is 0 Å². The van der Waals surface area contributed by atoms with E-state index in [4.69, 9.17) is 4.74 Å². The second-order valence-electron chi connectivity index (χ2n) is 9.57. The molecule has 0 fully saturated rings. The van der Waals surface area contributed by atoms with Crippen molar-refractivity contribution in [2.75, 3.05) is 0 Å². The predicted octanol–water partition coefficient (Wildman–Crippen LogP) is 7.29. The van der Waals surface area contributed by atoms with Crippen LogP contribution in [0.4, 0.5) is 43.9 Å². The molecule has 3 rings (SSSR count). The molecule has 0 aliphatic carbocycles. The van der Waals surface area contributed by atoms with E-state index < -0.39 is 99.9 Å². The van der Waals surface area contributed by atoms with E-state index in [9.17, 15) is 58.6 Å². The van der Waals surface area contributed by atoms with Crippen molar-refractivity contribution in [3.05, 3.63) is 94.3 Å². The van der Waals surface area contributed by atoms with Gasteiger partial charge in [0, 0.05) is 11.6 Å². The fraction of sp³-hybridized carbons (Fsp3) is 0.286. The first-order valence-electron chi connectivity index (χ1n) is 12.3. The van der Waals surface area contributed by atoms with Gasteiger partial charge in [0.15, 0.2) is 11.6 Å². The molecule has 0 aromatic heterocycles. The molecule has 0 heterocycles. The Kier molecular flexibility index (Phi) is 9.75. The number of carbonyl (C=O) groups is 2. The molecular formula is C28H21F10NO5. The van der Waals surface area contributed by atoms with Gasteiger partial charge < -0.3 is 19.9 Å². The number of carboxylic acid groups (broad SMARTS) is 1. The maximum Gasteiger partial charge on any atom is 0.461 e. The van der Waals surface area contributed by atoms with Crippen molar-refractivity contribution in [2.24, 2.45) is 0 Å². The Morgan fingerprint density at radius 3 is 2.07 bits per heavy atom. The van der Waals surface area contributed by atoms with Gasteiger partial charge in [-0.25, -0.2) is 13.2 Å². The monoisotopic (exact) mass is 641 g/mol. The lowest BCUT2D eigenvalue weighted by atomic mass is 9.79. The standard InChI is InChI=1S/C28H21F10NO5/c1-13(2)43-22-10-15(4-6-21(22)31)26(12-23(40)41,16-8-17(29)11-18(9-16)44-28(37,38)25(32)33)39-24(42)14-3-5-20(30)19(7-14)27(34,35)36/h3-11,13,25H,12H2,1-2H3,(H,39,42)(H,40,41)/t26-/m1/s1. The first kappa shape index (κ1) is 34.0. The quantitative estimate of drug-likeness (QED) is 0.215. The Hall–Kier alpha value is -4.50. The third-order valence-electron chi connectivity index (χ3n) is 5.94. The highest BCUT2D eigenvalue weighted by molar-refractivity contribution is 5.95. The Bertz CT molecular complexity index is 1540. The van der Waals surface area contributed by atoms with Crippen LogP contribution in [0, 0.1) is 17.5 Å². The number of rotatable bonds is 11. The fourth-order valence-corrected chi connectivity index (χ4v) is 4.12. The van der Waals surface area contributed by atoms with Gasteiger partial charge in [0.1, 0.15) is 22.9 Å². The van der Waals surface area contributed by atoms with Crippen molar-refractivity contribution in [3.8, 4) is 11.5 Å². The lowest BCUT2D eigenvalue weighted by Gasteiger charge is -2.35. The highest BCUT2D eigenvalue weighted by Gasteiger charge is 2.45. The van der Waals surface area contributed by atoms with E-state index in [1.165, 1.54) is 13.8 Å². The second kappa shape index (κ2) is 12.6. The summed E-state index contributed by atoms with van der Waals surface area (Å²) in [4.78, 5) is 25.5. The minimum atomic E-state index is -5.27. The zero-order valence-corrected chi connectivity index (χ0v) is 22.4. The SMILES string of the molecule is CC(C)Oc1cc([C@@](CC(=O)O)(NC(=O)c2ccc(F)c(C(F)(F)F)c2)c2cc(F)cc(OC(F)(F)C(F)F)c2)ccc1F. The molecule has 0 saturated heterocycles. The molecule has 0 aliphatic heterocycles. The number of carbonyl (C=O) groups excluding carboxylic acids is 1. The van der Waals surface area contributed by atoms with Crippen LogP contribution < -0.4 is 14.8 Å². The maximum absolute atomic E-state index is 14.8. The number of hydrogen-bond acceptors (Lipinski definition) is 4. The Balaban J connectivity index is 2.34. The molecule has 0 bridgehead atoms. The fourth-order valence-electron chi connectivity index (χ4n) is 4.12. The molecule has 3 aromatic rings. The summed E-state index contributed by atoms with van der Waals surface area (Å²) in [5, 5.41) is 11.9. The van der Waals surface area contributed by atoms with E-state index in [0.717, 1.165) is 18.2 Å². The van der Waals surface area contributed by atoms with Crippen LogP contribution in [0.3, 0.4) is 0 Å². The minimum Gasteiger partial charge on any atom is -0.488 e. The summed E-state index contributed by atoms with van der Waals surface area (Å²) in [6, 6.07) is 4.65. The third kappa shape index (κ3) is 7.71. The molecule has 2 N–H and O–H groups in total. The largest absolute Gasteiger partial charge is 0.488 e. The van der Waals surface area contributed by atoms with Gasteiger partial charge >= 0.3 is 24.7 Å². The van der Waals surface area contributed by atoms with E-state index in [-0.39, 0.29) is 12.1 Å². The van der Waals surface area contributed by atoms with E-state index >= 15 is 0 Å². The third-order valence-corrected chi connectivity index (χ3v) is 5.94. The van der Waals surface area contributed by atoms with Crippen LogP contribution in [-0.2, 0) is 16.5 Å². The molecule has 3 aromatic carbocycles. The van der Waals surface area contributed by atoms with Crippen LogP contribution in [0.5, 0.6) is 11.5 Å². The number of halogens is 10. The van der Waals surface area contributed by atoms with Crippen LogP contribution in [0.15, 0.2) is 54.6 Å². The van der Waals surface area contributed by atoms with Crippen LogP contribution in [0.1, 0.15) is 47.3 Å². The van der Waals surface area contributed by atoms with Gasteiger partial charge in [0.25, 0.3) is 5.91 Å². The summed E-state index contributed by atoms with van der Waals surface area (Å²) in [7, 11) is 0. The van der Waals surface area contributed by atoms with E-state index in [1.54, 1.807) is 0 Å². The molecule has 44 heavy (non-hydrogen) atoms. The molecular weight excluding hydrogens is 620 g/mol. The topological polar surface area (TPSA) is 84.9 Å². The van der Waals surface area contributed by atoms with Crippen molar-refractivity contribution < 1.29 is 68.1 Å². The van der Waals surface area contributed by atoms with E-state index in [2.05, 4.69) is 10.1 Å². The van der Waals surface area contributed by atoms with Crippen LogP contribution in [-0.4, -0.2) is 35.6 Å².